The molecule has 120 valence electrons. The van der Waals surface area contributed by atoms with Crippen LogP contribution in [0.2, 0.25) is 0 Å². The summed E-state index contributed by atoms with van der Waals surface area (Å²) in [6.45, 7) is 0. The number of nitrogen functional groups attached to an aromatic ring is 2. The molecule has 0 saturated carbocycles. The molecule has 4 N–H and O–H groups in total. The second kappa shape index (κ2) is 5.24. The number of rotatable bonds is 2. The Morgan fingerprint density at radius 2 is 1.92 bits per heavy atom. The summed E-state index contributed by atoms with van der Waals surface area (Å²) < 4.78 is 0. The van der Waals surface area contributed by atoms with Gasteiger partial charge in [0, 0.05) is 23.3 Å². The summed E-state index contributed by atoms with van der Waals surface area (Å²) in [5, 5.41) is 11.5. The second-order valence-electron chi connectivity index (χ2n) is 5.39. The Labute approximate surface area is 140 Å². The lowest BCUT2D eigenvalue weighted by molar-refractivity contribution is -0.384. The Kier molecular flexibility index (Phi) is 3.17. The number of thiazole rings is 1. The molecule has 0 saturated heterocycles. The lowest BCUT2D eigenvalue weighted by atomic mass is 9.93. The fourth-order valence-corrected chi connectivity index (χ4v) is 3.80. The molecule has 4 rings (SSSR count). The van der Waals surface area contributed by atoms with Crippen molar-refractivity contribution in [2.45, 2.75) is 12.8 Å². The van der Waals surface area contributed by atoms with Crippen molar-refractivity contribution in [2.75, 3.05) is 11.5 Å². The van der Waals surface area contributed by atoms with Crippen LogP contribution in [0.5, 0.6) is 0 Å². The zero-order chi connectivity index (χ0) is 16.8. The van der Waals surface area contributed by atoms with Gasteiger partial charge in [0.25, 0.3) is 5.69 Å². The number of nitro groups is 1. The van der Waals surface area contributed by atoms with Crippen LogP contribution < -0.4 is 11.5 Å². The Balaban J connectivity index is 1.94. The number of hydrogen-bond donors (Lipinski definition) is 2. The summed E-state index contributed by atoms with van der Waals surface area (Å²) in [6, 6.07) is 6.36. The maximum Gasteiger partial charge on any atom is 0.270 e. The third-order valence-electron chi connectivity index (χ3n) is 3.90. The van der Waals surface area contributed by atoms with Gasteiger partial charge in [0.1, 0.15) is 0 Å². The number of nitro benzene ring substituents is 1. The molecule has 0 radical (unpaired) electrons. The van der Waals surface area contributed by atoms with E-state index in [0.717, 1.165) is 28.2 Å². The molecule has 9 heteroatoms. The van der Waals surface area contributed by atoms with Crippen LogP contribution >= 0.6 is 11.3 Å². The fraction of sp³-hybridized carbons (Fsp3) is 0.133. The standard InChI is InChI=1S/C15H12N6O2S/c16-14-19-11(7-2-1-3-8(6-7)21(22)23)9-4-5-10-13(12(9)20-14)24-15(17)18-10/h1-3,6H,4-5H2,(H2,17,18)(H2,16,19,20). The summed E-state index contributed by atoms with van der Waals surface area (Å²) in [4.78, 5) is 24.5. The Hall–Kier alpha value is -3.07. The Morgan fingerprint density at radius 1 is 1.12 bits per heavy atom. The van der Waals surface area contributed by atoms with Gasteiger partial charge in [-0.15, -0.1) is 0 Å². The van der Waals surface area contributed by atoms with Crippen molar-refractivity contribution in [1.82, 2.24) is 15.0 Å². The van der Waals surface area contributed by atoms with Crippen molar-refractivity contribution in [2.24, 2.45) is 0 Å². The Bertz CT molecular complexity index is 984. The van der Waals surface area contributed by atoms with Gasteiger partial charge in [0.15, 0.2) is 5.13 Å². The number of nitrogens with two attached hydrogens (primary N) is 2. The maximum atomic E-state index is 11.0. The van der Waals surface area contributed by atoms with E-state index in [2.05, 4.69) is 15.0 Å². The lowest BCUT2D eigenvalue weighted by Crippen LogP contribution is -2.10. The van der Waals surface area contributed by atoms with Crippen LogP contribution in [0.4, 0.5) is 16.8 Å². The van der Waals surface area contributed by atoms with Crippen molar-refractivity contribution in [3.63, 3.8) is 0 Å². The van der Waals surface area contributed by atoms with Gasteiger partial charge in [-0.3, -0.25) is 10.1 Å². The van der Waals surface area contributed by atoms with E-state index in [4.69, 9.17) is 11.5 Å². The van der Waals surface area contributed by atoms with E-state index in [1.165, 1.54) is 23.5 Å². The van der Waals surface area contributed by atoms with Crippen molar-refractivity contribution in [3.05, 3.63) is 45.6 Å². The van der Waals surface area contributed by atoms with Gasteiger partial charge in [-0.25, -0.2) is 15.0 Å². The number of fused-ring (bicyclic) bond motifs is 3. The number of non-ortho nitro benzene ring substituents is 1. The molecule has 0 bridgehead atoms. The van der Waals surface area contributed by atoms with E-state index in [1.54, 1.807) is 12.1 Å². The third-order valence-corrected chi connectivity index (χ3v) is 4.83. The third kappa shape index (κ3) is 2.26. The van der Waals surface area contributed by atoms with Gasteiger partial charge in [-0.2, -0.15) is 0 Å². The molecule has 24 heavy (non-hydrogen) atoms. The van der Waals surface area contributed by atoms with E-state index in [0.29, 0.717) is 22.8 Å². The molecular weight excluding hydrogens is 328 g/mol. The molecule has 1 aliphatic rings. The molecule has 1 aromatic carbocycles. The van der Waals surface area contributed by atoms with Crippen LogP contribution in [0, 0.1) is 10.1 Å². The lowest BCUT2D eigenvalue weighted by Gasteiger charge is -2.18. The van der Waals surface area contributed by atoms with Gasteiger partial charge in [0.2, 0.25) is 5.95 Å². The molecule has 8 nitrogen and oxygen atoms in total. The molecule has 3 aromatic rings. The summed E-state index contributed by atoms with van der Waals surface area (Å²) in [6.07, 6.45) is 1.41. The van der Waals surface area contributed by atoms with Crippen molar-refractivity contribution < 1.29 is 4.92 Å². The molecule has 0 atom stereocenters. The number of nitrogens with zero attached hydrogens (tertiary/aromatic N) is 4. The van der Waals surface area contributed by atoms with Gasteiger partial charge in [0.05, 0.1) is 26.9 Å². The highest BCUT2D eigenvalue weighted by Crippen LogP contribution is 2.41. The van der Waals surface area contributed by atoms with E-state index >= 15 is 0 Å². The van der Waals surface area contributed by atoms with Crippen LogP contribution in [0.1, 0.15) is 11.3 Å². The summed E-state index contributed by atoms with van der Waals surface area (Å²) in [7, 11) is 0. The normalized spacial score (nSPS) is 12.5. The summed E-state index contributed by atoms with van der Waals surface area (Å²) in [5.41, 5.74) is 15.5. The maximum absolute atomic E-state index is 11.0. The highest BCUT2D eigenvalue weighted by molar-refractivity contribution is 7.18. The minimum Gasteiger partial charge on any atom is -0.375 e. The summed E-state index contributed by atoms with van der Waals surface area (Å²) >= 11 is 1.37. The van der Waals surface area contributed by atoms with Crippen LogP contribution in [-0.4, -0.2) is 19.9 Å². The zero-order valence-corrected chi connectivity index (χ0v) is 13.2. The van der Waals surface area contributed by atoms with E-state index in [-0.39, 0.29) is 11.6 Å². The highest BCUT2D eigenvalue weighted by Gasteiger charge is 2.26. The monoisotopic (exact) mass is 340 g/mol. The second-order valence-corrected chi connectivity index (χ2v) is 6.42. The first kappa shape index (κ1) is 14.5. The van der Waals surface area contributed by atoms with E-state index in [9.17, 15) is 10.1 Å². The smallest absolute Gasteiger partial charge is 0.270 e. The number of benzene rings is 1. The first-order valence-electron chi connectivity index (χ1n) is 7.19. The number of hydrogen-bond acceptors (Lipinski definition) is 8. The molecule has 0 unspecified atom stereocenters. The average Bonchev–Trinajstić information content (AvgIpc) is 2.95. The minimum atomic E-state index is -0.428. The highest BCUT2D eigenvalue weighted by atomic mass is 32.1. The summed E-state index contributed by atoms with van der Waals surface area (Å²) in [5.74, 6) is 0.120. The van der Waals surface area contributed by atoms with Crippen LogP contribution in [0.3, 0.4) is 0 Å². The number of anilines is 2. The van der Waals surface area contributed by atoms with Gasteiger partial charge >= 0.3 is 0 Å². The van der Waals surface area contributed by atoms with Crippen molar-refractivity contribution in [1.29, 1.82) is 0 Å². The van der Waals surface area contributed by atoms with Crippen molar-refractivity contribution in [3.8, 4) is 21.8 Å². The topological polar surface area (TPSA) is 134 Å². The number of aromatic nitrogens is 3. The van der Waals surface area contributed by atoms with E-state index in [1.807, 2.05) is 0 Å². The quantitative estimate of drug-likeness (QED) is 0.540. The van der Waals surface area contributed by atoms with E-state index < -0.39 is 4.92 Å². The zero-order valence-electron chi connectivity index (χ0n) is 12.4. The van der Waals surface area contributed by atoms with Crippen molar-refractivity contribution >= 4 is 28.1 Å². The largest absolute Gasteiger partial charge is 0.375 e. The predicted octanol–water partition coefficient (Wildman–Crippen LogP) is 2.44. The minimum absolute atomic E-state index is 0.0111. The molecule has 2 heterocycles. The molecule has 2 aromatic heterocycles. The first-order chi connectivity index (χ1) is 11.5. The predicted molar refractivity (Wildman–Crippen MR) is 91.5 cm³/mol. The van der Waals surface area contributed by atoms with Crippen LogP contribution in [-0.2, 0) is 12.8 Å². The molecule has 0 aliphatic heterocycles. The molecule has 0 amide bonds. The van der Waals surface area contributed by atoms with Crippen LogP contribution in [0.15, 0.2) is 24.3 Å². The molecule has 0 spiro atoms. The molecule has 0 fully saturated rings. The first-order valence-corrected chi connectivity index (χ1v) is 8.01. The van der Waals surface area contributed by atoms with Crippen LogP contribution in [0.25, 0.3) is 21.8 Å². The van der Waals surface area contributed by atoms with Gasteiger partial charge in [-0.05, 0) is 12.8 Å². The fourth-order valence-electron chi connectivity index (χ4n) is 2.90. The number of aryl methyl sites for hydroxylation is 1. The molecule has 1 aliphatic carbocycles. The SMILES string of the molecule is Nc1nc(-c2cccc([N+](=O)[O-])c2)c2c(n1)-c1sc(N)nc1CC2. The molecular formula is C15H12N6O2S. The van der Waals surface area contributed by atoms with Gasteiger partial charge < -0.3 is 11.5 Å². The average molecular weight is 340 g/mol. The Morgan fingerprint density at radius 3 is 2.71 bits per heavy atom. The van der Waals surface area contributed by atoms with Gasteiger partial charge in [-0.1, -0.05) is 23.5 Å².